The number of halogens is 1. The number of hydrogen-bond donors (Lipinski definition) is 1. The summed E-state index contributed by atoms with van der Waals surface area (Å²) in [6.45, 7) is 7.98. The van der Waals surface area contributed by atoms with Crippen molar-refractivity contribution in [2.75, 3.05) is 6.54 Å². The number of benzene rings is 1. The summed E-state index contributed by atoms with van der Waals surface area (Å²) in [7, 11) is 0. The van der Waals surface area contributed by atoms with Crippen LogP contribution in [0.15, 0.2) is 18.2 Å². The number of imidazole rings is 1. The van der Waals surface area contributed by atoms with Gasteiger partial charge in [-0.3, -0.25) is 4.57 Å². The largest absolute Gasteiger partial charge is 0.311 e. The van der Waals surface area contributed by atoms with Crippen LogP contribution in [-0.2, 0) is 19.4 Å². The van der Waals surface area contributed by atoms with Gasteiger partial charge in [-0.2, -0.15) is 0 Å². The fourth-order valence-electron chi connectivity index (χ4n) is 2.99. The Morgan fingerprint density at radius 2 is 2.19 bits per heavy atom. The van der Waals surface area contributed by atoms with E-state index in [9.17, 15) is 4.39 Å². The molecule has 0 radical (unpaired) electrons. The third-order valence-corrected chi connectivity index (χ3v) is 4.03. The second-order valence-electron chi connectivity index (χ2n) is 6.17. The van der Waals surface area contributed by atoms with Crippen molar-refractivity contribution in [2.45, 2.75) is 40.2 Å². The van der Waals surface area contributed by atoms with Gasteiger partial charge in [0.25, 0.3) is 0 Å². The first-order valence-electron chi connectivity index (χ1n) is 7.63. The van der Waals surface area contributed by atoms with E-state index in [1.54, 1.807) is 6.07 Å². The predicted molar refractivity (Wildman–Crippen MR) is 82.2 cm³/mol. The molecule has 0 amide bonds. The van der Waals surface area contributed by atoms with Crippen LogP contribution >= 0.6 is 0 Å². The van der Waals surface area contributed by atoms with Crippen molar-refractivity contribution in [1.82, 2.24) is 14.9 Å². The summed E-state index contributed by atoms with van der Waals surface area (Å²) >= 11 is 0. The molecule has 0 fully saturated rings. The Labute approximate surface area is 125 Å². The van der Waals surface area contributed by atoms with Crippen LogP contribution in [0.25, 0.3) is 5.69 Å². The number of rotatable bonds is 3. The van der Waals surface area contributed by atoms with E-state index in [1.165, 1.54) is 11.8 Å². The van der Waals surface area contributed by atoms with Crippen LogP contribution < -0.4 is 5.32 Å². The van der Waals surface area contributed by atoms with Crippen LogP contribution in [0.5, 0.6) is 0 Å². The van der Waals surface area contributed by atoms with E-state index in [-0.39, 0.29) is 5.82 Å². The van der Waals surface area contributed by atoms with Crippen LogP contribution in [0.3, 0.4) is 0 Å². The second-order valence-corrected chi connectivity index (χ2v) is 6.17. The van der Waals surface area contributed by atoms with E-state index in [2.05, 4.69) is 23.7 Å². The van der Waals surface area contributed by atoms with Gasteiger partial charge < -0.3 is 5.32 Å². The summed E-state index contributed by atoms with van der Waals surface area (Å²) < 4.78 is 16.1. The number of aromatic nitrogens is 2. The van der Waals surface area contributed by atoms with Crippen molar-refractivity contribution in [3.05, 3.63) is 46.8 Å². The lowest BCUT2D eigenvalue weighted by Crippen LogP contribution is -2.25. The molecular weight excluding hydrogens is 265 g/mol. The summed E-state index contributed by atoms with van der Waals surface area (Å²) in [4.78, 5) is 4.82. The Kier molecular flexibility index (Phi) is 3.81. The molecule has 21 heavy (non-hydrogen) atoms. The molecular formula is C17H22FN3. The molecule has 3 nitrogen and oxygen atoms in total. The standard InChI is InChI=1S/C17H22FN3/c1-11(2)9-17-20-14-10-19-8-7-16(14)21(17)15-6-4-5-13(18)12(15)3/h4-6,11,19H,7-10H2,1-3H3. The van der Waals surface area contributed by atoms with E-state index in [1.807, 2.05) is 13.0 Å². The maximum Gasteiger partial charge on any atom is 0.128 e. The minimum absolute atomic E-state index is 0.153. The van der Waals surface area contributed by atoms with Crippen molar-refractivity contribution in [3.63, 3.8) is 0 Å². The molecule has 0 bridgehead atoms. The molecule has 2 heterocycles. The van der Waals surface area contributed by atoms with E-state index >= 15 is 0 Å². The highest BCUT2D eigenvalue weighted by atomic mass is 19.1. The van der Waals surface area contributed by atoms with Gasteiger partial charge in [0.05, 0.1) is 11.4 Å². The van der Waals surface area contributed by atoms with Crippen LogP contribution in [0.4, 0.5) is 4.39 Å². The number of nitrogens with one attached hydrogen (secondary N) is 1. The van der Waals surface area contributed by atoms with Gasteiger partial charge in [0, 0.05) is 37.2 Å². The normalized spacial score (nSPS) is 14.5. The SMILES string of the molecule is Cc1c(F)cccc1-n1c(CC(C)C)nc2c1CCNC2. The quantitative estimate of drug-likeness (QED) is 0.939. The molecule has 112 valence electrons. The zero-order valence-electron chi connectivity index (χ0n) is 12.9. The fourth-order valence-corrected chi connectivity index (χ4v) is 2.99. The molecule has 0 saturated heterocycles. The van der Waals surface area contributed by atoms with Gasteiger partial charge >= 0.3 is 0 Å². The van der Waals surface area contributed by atoms with Crippen molar-refractivity contribution >= 4 is 0 Å². The summed E-state index contributed by atoms with van der Waals surface area (Å²) in [5.74, 6) is 1.42. The second kappa shape index (κ2) is 5.60. The Morgan fingerprint density at radius 3 is 2.95 bits per heavy atom. The predicted octanol–water partition coefficient (Wildman–Crippen LogP) is 3.16. The van der Waals surface area contributed by atoms with Gasteiger partial charge in [0.1, 0.15) is 11.6 Å². The van der Waals surface area contributed by atoms with Crippen molar-refractivity contribution in [1.29, 1.82) is 0 Å². The minimum atomic E-state index is -0.153. The van der Waals surface area contributed by atoms with Gasteiger partial charge in [0.2, 0.25) is 0 Å². The van der Waals surface area contributed by atoms with Gasteiger partial charge in [-0.15, -0.1) is 0 Å². The van der Waals surface area contributed by atoms with Gasteiger partial charge in [0.15, 0.2) is 0 Å². The van der Waals surface area contributed by atoms with Crippen LogP contribution in [0, 0.1) is 18.7 Å². The highest BCUT2D eigenvalue weighted by molar-refractivity contribution is 5.45. The first kappa shape index (κ1) is 14.3. The van der Waals surface area contributed by atoms with Gasteiger partial charge in [-0.05, 0) is 25.0 Å². The average Bonchev–Trinajstić information content (AvgIpc) is 2.79. The van der Waals surface area contributed by atoms with Crippen LogP contribution in [0.2, 0.25) is 0 Å². The Bertz CT molecular complexity index is 658. The van der Waals surface area contributed by atoms with Crippen molar-refractivity contribution in [2.24, 2.45) is 5.92 Å². The molecule has 0 atom stereocenters. The molecule has 0 unspecified atom stereocenters. The molecule has 0 spiro atoms. The van der Waals surface area contributed by atoms with E-state index in [4.69, 9.17) is 4.98 Å². The lowest BCUT2D eigenvalue weighted by molar-refractivity contribution is 0.599. The summed E-state index contributed by atoms with van der Waals surface area (Å²) in [6.07, 6.45) is 1.85. The first-order valence-corrected chi connectivity index (χ1v) is 7.63. The van der Waals surface area contributed by atoms with E-state index in [0.717, 1.165) is 43.1 Å². The Morgan fingerprint density at radius 1 is 1.38 bits per heavy atom. The molecule has 1 N–H and O–H groups in total. The third-order valence-electron chi connectivity index (χ3n) is 4.03. The molecule has 0 aliphatic carbocycles. The molecule has 2 aromatic rings. The Balaban J connectivity index is 2.19. The molecule has 1 aliphatic heterocycles. The topological polar surface area (TPSA) is 29.9 Å². The molecule has 3 rings (SSSR count). The van der Waals surface area contributed by atoms with Crippen LogP contribution in [0.1, 0.15) is 36.6 Å². The van der Waals surface area contributed by atoms with Crippen LogP contribution in [-0.4, -0.2) is 16.1 Å². The van der Waals surface area contributed by atoms with Gasteiger partial charge in [-0.25, -0.2) is 9.37 Å². The molecule has 4 heteroatoms. The lowest BCUT2D eigenvalue weighted by Gasteiger charge is -2.18. The Hall–Kier alpha value is -1.68. The van der Waals surface area contributed by atoms with Crippen molar-refractivity contribution in [3.8, 4) is 5.69 Å². The monoisotopic (exact) mass is 287 g/mol. The summed E-state index contributed by atoms with van der Waals surface area (Å²) in [6, 6.07) is 5.29. The summed E-state index contributed by atoms with van der Waals surface area (Å²) in [5.41, 5.74) is 3.97. The fraction of sp³-hybridized carbons (Fsp3) is 0.471. The molecule has 1 aromatic heterocycles. The van der Waals surface area contributed by atoms with Gasteiger partial charge in [-0.1, -0.05) is 19.9 Å². The number of hydrogen-bond acceptors (Lipinski definition) is 2. The molecule has 1 aromatic carbocycles. The average molecular weight is 287 g/mol. The zero-order valence-corrected chi connectivity index (χ0v) is 12.9. The maximum atomic E-state index is 14.0. The zero-order chi connectivity index (χ0) is 15.0. The van der Waals surface area contributed by atoms with Crippen molar-refractivity contribution < 1.29 is 4.39 Å². The highest BCUT2D eigenvalue weighted by Gasteiger charge is 2.22. The first-order chi connectivity index (χ1) is 10.1. The highest BCUT2D eigenvalue weighted by Crippen LogP contribution is 2.26. The minimum Gasteiger partial charge on any atom is -0.311 e. The van der Waals surface area contributed by atoms with E-state index < -0.39 is 0 Å². The lowest BCUT2D eigenvalue weighted by atomic mass is 10.1. The van der Waals surface area contributed by atoms with E-state index in [0.29, 0.717) is 11.5 Å². The number of fused-ring (bicyclic) bond motifs is 1. The maximum absolute atomic E-state index is 14.0. The smallest absolute Gasteiger partial charge is 0.128 e. The number of nitrogens with zero attached hydrogens (tertiary/aromatic N) is 2. The third kappa shape index (κ3) is 2.60. The molecule has 0 saturated carbocycles. The molecule has 1 aliphatic rings. The summed E-state index contributed by atoms with van der Waals surface area (Å²) in [5, 5.41) is 3.36.